The molecule has 3 N–H and O–H groups in total. The molecule has 0 bridgehead atoms. The molecule has 2 aliphatic rings. The van der Waals surface area contributed by atoms with E-state index in [0.29, 0.717) is 31.7 Å². The zero-order valence-electron chi connectivity index (χ0n) is 18.0. The van der Waals surface area contributed by atoms with Gasteiger partial charge in [0.25, 0.3) is 0 Å². The smallest absolute Gasteiger partial charge is 0.168 e. The molecule has 2 aliphatic heterocycles. The summed E-state index contributed by atoms with van der Waals surface area (Å²) in [5, 5.41) is 18.0. The molecule has 4 rings (SSSR count). The van der Waals surface area contributed by atoms with E-state index in [4.69, 9.17) is 0 Å². The van der Waals surface area contributed by atoms with Crippen LogP contribution in [0.2, 0.25) is 0 Å². The molecule has 174 valence electrons. The summed E-state index contributed by atoms with van der Waals surface area (Å²) in [6.07, 6.45) is 0. The van der Waals surface area contributed by atoms with Gasteiger partial charge in [0.2, 0.25) is 0 Å². The first-order valence-corrected chi connectivity index (χ1v) is 10.7. The van der Waals surface area contributed by atoms with Gasteiger partial charge < -0.3 is 15.7 Å². The summed E-state index contributed by atoms with van der Waals surface area (Å²) in [7, 11) is 0. The number of nitrogens with one attached hydrogen (secondary N) is 2. The molecular weight excluding hydrogens is 441 g/mol. The third kappa shape index (κ3) is 4.19. The fourth-order valence-electron chi connectivity index (χ4n) is 5.20. The Morgan fingerprint density at radius 3 is 2.19 bits per heavy atom. The molecule has 2 aromatic rings. The average Bonchev–Trinajstić information content (AvgIpc) is 3.21. The number of ketones is 1. The minimum absolute atomic E-state index is 0. The van der Waals surface area contributed by atoms with Crippen molar-refractivity contribution in [3.63, 3.8) is 0 Å². The van der Waals surface area contributed by atoms with Gasteiger partial charge in [-0.2, -0.15) is 0 Å². The summed E-state index contributed by atoms with van der Waals surface area (Å²) >= 11 is 0. The van der Waals surface area contributed by atoms with Crippen LogP contribution in [0.15, 0.2) is 36.4 Å². The van der Waals surface area contributed by atoms with Crippen molar-refractivity contribution in [2.24, 2.45) is 17.8 Å². The summed E-state index contributed by atoms with van der Waals surface area (Å²) in [6, 6.07) is 7.27. The van der Waals surface area contributed by atoms with Crippen LogP contribution in [-0.2, 0) is 5.60 Å². The molecule has 0 aliphatic carbocycles. The van der Waals surface area contributed by atoms with Crippen LogP contribution in [-0.4, -0.2) is 37.1 Å². The van der Waals surface area contributed by atoms with Gasteiger partial charge in [0.05, 0.1) is 5.60 Å². The van der Waals surface area contributed by atoms with Crippen molar-refractivity contribution in [2.45, 2.75) is 25.4 Å². The maximum absolute atomic E-state index is 14.5. The van der Waals surface area contributed by atoms with Crippen LogP contribution in [0.25, 0.3) is 0 Å². The lowest BCUT2D eigenvalue weighted by molar-refractivity contribution is -0.0811. The highest BCUT2D eigenvalue weighted by molar-refractivity contribution is 6.00. The third-order valence-electron chi connectivity index (χ3n) is 7.00. The fraction of sp³-hybridized carbons (Fsp3) is 0.458. The highest BCUT2D eigenvalue weighted by atomic mass is 35.5. The molecule has 0 aromatic heterocycles. The number of aliphatic hydroxyl groups is 1. The molecule has 0 amide bonds. The largest absolute Gasteiger partial charge is 0.384 e. The Hall–Kier alpha value is -1.93. The molecule has 2 heterocycles. The van der Waals surface area contributed by atoms with Crippen molar-refractivity contribution in [3.8, 4) is 0 Å². The van der Waals surface area contributed by atoms with Gasteiger partial charge in [0.15, 0.2) is 5.78 Å². The highest BCUT2D eigenvalue weighted by Crippen LogP contribution is 2.42. The number of piperidine rings is 1. The molecule has 32 heavy (non-hydrogen) atoms. The topological polar surface area (TPSA) is 61.4 Å². The first kappa shape index (κ1) is 24.7. The average molecular weight is 469 g/mol. The second-order valence-electron chi connectivity index (χ2n) is 8.88. The second-order valence-corrected chi connectivity index (χ2v) is 8.88. The van der Waals surface area contributed by atoms with Crippen LogP contribution in [0.5, 0.6) is 0 Å². The number of halogens is 4. The van der Waals surface area contributed by atoms with Crippen molar-refractivity contribution in [3.05, 3.63) is 70.5 Å². The highest BCUT2D eigenvalue weighted by Gasteiger charge is 2.46. The molecule has 2 aromatic carbocycles. The SMILES string of the molecule is CC1CNCC(C)C1(O)c1ccc(F)cc1C(=O)[C@@H]1CNC[C@H]1c1ccc(F)cc1F.Cl. The van der Waals surface area contributed by atoms with Gasteiger partial charge in [0.1, 0.15) is 17.5 Å². The van der Waals surface area contributed by atoms with Crippen LogP contribution in [0.1, 0.15) is 41.3 Å². The molecule has 4 nitrogen and oxygen atoms in total. The minimum Gasteiger partial charge on any atom is -0.384 e. The van der Waals surface area contributed by atoms with Crippen molar-refractivity contribution >= 4 is 18.2 Å². The van der Waals surface area contributed by atoms with Crippen LogP contribution < -0.4 is 10.6 Å². The molecule has 2 fully saturated rings. The Morgan fingerprint density at radius 2 is 1.53 bits per heavy atom. The summed E-state index contributed by atoms with van der Waals surface area (Å²) in [6.45, 7) is 5.58. The molecule has 0 radical (unpaired) electrons. The van der Waals surface area contributed by atoms with Crippen LogP contribution in [0.4, 0.5) is 13.2 Å². The van der Waals surface area contributed by atoms with Crippen molar-refractivity contribution in [2.75, 3.05) is 26.2 Å². The Labute approximate surface area is 192 Å². The maximum atomic E-state index is 14.5. The quantitative estimate of drug-likeness (QED) is 0.598. The fourth-order valence-corrected chi connectivity index (χ4v) is 5.20. The predicted molar refractivity (Wildman–Crippen MR) is 119 cm³/mol. The summed E-state index contributed by atoms with van der Waals surface area (Å²) < 4.78 is 42.1. The maximum Gasteiger partial charge on any atom is 0.168 e. The predicted octanol–water partition coefficient (Wildman–Crippen LogP) is 3.77. The van der Waals surface area contributed by atoms with Gasteiger partial charge in [-0.3, -0.25) is 4.79 Å². The van der Waals surface area contributed by atoms with Gasteiger partial charge in [-0.1, -0.05) is 26.0 Å². The Morgan fingerprint density at radius 1 is 0.938 bits per heavy atom. The molecule has 2 saturated heterocycles. The van der Waals surface area contributed by atoms with Gasteiger partial charge in [-0.15, -0.1) is 12.4 Å². The summed E-state index contributed by atoms with van der Waals surface area (Å²) in [5.41, 5.74) is -0.507. The lowest BCUT2D eigenvalue weighted by Gasteiger charge is -2.45. The van der Waals surface area contributed by atoms with Crippen LogP contribution >= 0.6 is 12.4 Å². The molecule has 4 atom stereocenters. The van der Waals surface area contributed by atoms with Gasteiger partial charge >= 0.3 is 0 Å². The number of carbonyl (C=O) groups is 1. The lowest BCUT2D eigenvalue weighted by atomic mass is 9.69. The molecule has 0 saturated carbocycles. The number of rotatable bonds is 4. The minimum atomic E-state index is -1.30. The number of benzene rings is 2. The number of carbonyl (C=O) groups excluding carboxylic acids is 1. The van der Waals surface area contributed by atoms with Gasteiger partial charge in [-0.25, -0.2) is 13.2 Å². The molecule has 8 heteroatoms. The second kappa shape index (κ2) is 9.51. The normalized spacial score (nSPS) is 30.1. The van der Waals surface area contributed by atoms with Crippen molar-refractivity contribution < 1.29 is 23.1 Å². The molecular formula is C24H28ClF3N2O2. The Balaban J connectivity index is 0.00000289. The number of hydrogen-bond acceptors (Lipinski definition) is 4. The van der Waals surface area contributed by atoms with E-state index in [2.05, 4.69) is 10.6 Å². The Bertz CT molecular complexity index is 993. The summed E-state index contributed by atoms with van der Waals surface area (Å²) in [5.74, 6) is -3.86. The number of Topliss-reactive ketones (excluding diaryl/α,β-unsaturated/α-hetero) is 1. The van der Waals surface area contributed by atoms with E-state index in [1.807, 2.05) is 13.8 Å². The first-order chi connectivity index (χ1) is 14.7. The lowest BCUT2D eigenvalue weighted by Crippen LogP contribution is -2.53. The van der Waals surface area contributed by atoms with E-state index in [1.54, 1.807) is 0 Å². The summed E-state index contributed by atoms with van der Waals surface area (Å²) in [4.78, 5) is 13.7. The number of hydrogen-bond donors (Lipinski definition) is 3. The molecule has 2 unspecified atom stereocenters. The van der Waals surface area contributed by atoms with Crippen molar-refractivity contribution in [1.29, 1.82) is 0 Å². The van der Waals surface area contributed by atoms with E-state index in [0.717, 1.165) is 6.07 Å². The molecule has 0 spiro atoms. The van der Waals surface area contributed by atoms with E-state index in [9.17, 15) is 23.1 Å². The third-order valence-corrected chi connectivity index (χ3v) is 7.00. The van der Waals surface area contributed by atoms with Crippen LogP contribution in [0, 0.1) is 35.2 Å². The van der Waals surface area contributed by atoms with Crippen molar-refractivity contribution in [1.82, 2.24) is 10.6 Å². The van der Waals surface area contributed by atoms with Gasteiger partial charge in [-0.05, 0) is 29.3 Å². The standard InChI is InChI=1S/C24H27F3N2O2.ClH/c1-13-9-28-10-14(2)24(13,31)21-6-4-15(25)7-18(21)23(30)20-12-29-11-19(20)17-5-3-16(26)8-22(17)27;/h3-8,13-14,19-20,28-29,31H,9-12H2,1-2H3;1H/t13?,14?,19-,20+,24?;/m0./s1. The monoisotopic (exact) mass is 468 g/mol. The van der Waals surface area contributed by atoms with E-state index >= 15 is 0 Å². The Kier molecular flexibility index (Phi) is 7.34. The van der Waals surface area contributed by atoms with E-state index in [-0.39, 0.29) is 41.2 Å². The first-order valence-electron chi connectivity index (χ1n) is 10.7. The van der Waals surface area contributed by atoms with E-state index in [1.165, 1.54) is 30.3 Å². The van der Waals surface area contributed by atoms with E-state index < -0.39 is 34.9 Å². The zero-order valence-corrected chi connectivity index (χ0v) is 18.8. The van der Waals surface area contributed by atoms with Crippen LogP contribution in [0.3, 0.4) is 0 Å². The van der Waals surface area contributed by atoms with Gasteiger partial charge in [0, 0.05) is 61.5 Å². The zero-order chi connectivity index (χ0) is 22.3.